The highest BCUT2D eigenvalue weighted by Gasteiger charge is 2.10. The van der Waals surface area contributed by atoms with Crippen LogP contribution >= 0.6 is 11.8 Å². The van der Waals surface area contributed by atoms with Crippen molar-refractivity contribution in [3.63, 3.8) is 0 Å². The van der Waals surface area contributed by atoms with Crippen LogP contribution in [0.5, 0.6) is 0 Å². The molecule has 0 aliphatic heterocycles. The third kappa shape index (κ3) is 5.67. The molecule has 0 unspecified atom stereocenters. The topological polar surface area (TPSA) is 46.9 Å². The molecule has 0 aliphatic carbocycles. The zero-order chi connectivity index (χ0) is 17.5. The van der Waals surface area contributed by atoms with Crippen LogP contribution in [0.1, 0.15) is 36.3 Å². The highest BCUT2D eigenvalue weighted by molar-refractivity contribution is 7.98. The molecule has 24 heavy (non-hydrogen) atoms. The second-order valence-electron chi connectivity index (χ2n) is 5.95. The van der Waals surface area contributed by atoms with Crippen molar-refractivity contribution in [2.24, 2.45) is 0 Å². The molecule has 0 spiro atoms. The predicted molar refractivity (Wildman–Crippen MR) is 96.6 cm³/mol. The summed E-state index contributed by atoms with van der Waals surface area (Å²) in [6, 6.07) is 8.64. The van der Waals surface area contributed by atoms with Crippen molar-refractivity contribution in [3.05, 3.63) is 53.1 Å². The van der Waals surface area contributed by atoms with Gasteiger partial charge in [-0.25, -0.2) is 4.39 Å². The zero-order valence-corrected chi connectivity index (χ0v) is 15.2. The number of amides is 1. The van der Waals surface area contributed by atoms with Crippen molar-refractivity contribution in [1.82, 2.24) is 15.1 Å². The van der Waals surface area contributed by atoms with Crippen LogP contribution in [0.25, 0.3) is 0 Å². The number of halogens is 1. The molecular weight excluding hydrogens is 325 g/mol. The Labute approximate surface area is 146 Å². The monoisotopic (exact) mass is 349 g/mol. The first-order valence-electron chi connectivity index (χ1n) is 8.07. The number of thioether (sulfide) groups is 1. The van der Waals surface area contributed by atoms with E-state index in [-0.39, 0.29) is 17.8 Å². The molecule has 1 N–H and O–H groups in total. The number of rotatable bonds is 8. The molecule has 1 amide bonds. The van der Waals surface area contributed by atoms with Gasteiger partial charge in [-0.3, -0.25) is 9.48 Å². The number of carbonyl (C=O) groups excluding carboxylic acids is 1. The summed E-state index contributed by atoms with van der Waals surface area (Å²) in [5.41, 5.74) is 3.16. The molecule has 1 aromatic heterocycles. The number of nitrogens with one attached hydrogen (secondary N) is 1. The van der Waals surface area contributed by atoms with E-state index in [0.29, 0.717) is 13.0 Å². The minimum Gasteiger partial charge on any atom is -0.354 e. The standard InChI is InChI=1S/C18H24FN3OS/c1-13-10-14(2)22(21-13)15(3)11-20-18(23)8-9-24-12-16-4-6-17(19)7-5-16/h4-7,10,15H,8-9,11-12H2,1-3H3,(H,20,23)/t15-/m1/s1. The van der Waals surface area contributed by atoms with Crippen LogP contribution in [0.4, 0.5) is 4.39 Å². The van der Waals surface area contributed by atoms with Gasteiger partial charge in [0.05, 0.1) is 11.7 Å². The molecule has 0 bridgehead atoms. The number of aromatic nitrogens is 2. The molecule has 0 saturated carbocycles. The van der Waals surface area contributed by atoms with E-state index < -0.39 is 0 Å². The first-order chi connectivity index (χ1) is 11.5. The van der Waals surface area contributed by atoms with Gasteiger partial charge in [-0.05, 0) is 44.5 Å². The van der Waals surface area contributed by atoms with Crippen molar-refractivity contribution in [3.8, 4) is 0 Å². The van der Waals surface area contributed by atoms with Crippen LogP contribution in [0.3, 0.4) is 0 Å². The van der Waals surface area contributed by atoms with E-state index in [2.05, 4.69) is 10.4 Å². The minimum absolute atomic E-state index is 0.0509. The summed E-state index contributed by atoms with van der Waals surface area (Å²) >= 11 is 1.68. The van der Waals surface area contributed by atoms with Gasteiger partial charge in [0.1, 0.15) is 5.82 Å². The second kappa shape index (κ2) is 8.87. The van der Waals surface area contributed by atoms with Gasteiger partial charge < -0.3 is 5.32 Å². The second-order valence-corrected chi connectivity index (χ2v) is 7.06. The molecule has 2 rings (SSSR count). The summed E-state index contributed by atoms with van der Waals surface area (Å²) in [5.74, 6) is 1.36. The van der Waals surface area contributed by atoms with Gasteiger partial charge in [-0.1, -0.05) is 12.1 Å². The lowest BCUT2D eigenvalue weighted by molar-refractivity contribution is -0.120. The third-order valence-electron chi connectivity index (χ3n) is 3.71. The normalized spacial score (nSPS) is 12.2. The summed E-state index contributed by atoms with van der Waals surface area (Å²) < 4.78 is 14.8. The highest BCUT2D eigenvalue weighted by Crippen LogP contribution is 2.14. The van der Waals surface area contributed by atoms with E-state index in [1.807, 2.05) is 31.5 Å². The number of aryl methyl sites for hydroxylation is 2. The van der Waals surface area contributed by atoms with Gasteiger partial charge in [-0.2, -0.15) is 16.9 Å². The molecular formula is C18H24FN3OS. The number of nitrogens with zero attached hydrogens (tertiary/aromatic N) is 2. The molecule has 0 saturated heterocycles. The van der Waals surface area contributed by atoms with Crippen LogP contribution in [-0.4, -0.2) is 28.0 Å². The summed E-state index contributed by atoms with van der Waals surface area (Å²) in [7, 11) is 0. The summed E-state index contributed by atoms with van der Waals surface area (Å²) in [4.78, 5) is 11.9. The number of hydrogen-bond acceptors (Lipinski definition) is 3. The first-order valence-corrected chi connectivity index (χ1v) is 9.23. The van der Waals surface area contributed by atoms with Crippen LogP contribution in [0.15, 0.2) is 30.3 Å². The van der Waals surface area contributed by atoms with Crippen LogP contribution in [0, 0.1) is 19.7 Å². The minimum atomic E-state index is -0.222. The Hall–Kier alpha value is -1.82. The Morgan fingerprint density at radius 3 is 2.67 bits per heavy atom. The molecule has 1 heterocycles. The Balaban J connectivity index is 1.64. The van der Waals surface area contributed by atoms with Gasteiger partial charge in [0.25, 0.3) is 0 Å². The fourth-order valence-corrected chi connectivity index (χ4v) is 3.37. The molecule has 0 aliphatic rings. The third-order valence-corrected chi connectivity index (χ3v) is 4.74. The highest BCUT2D eigenvalue weighted by atomic mass is 32.2. The molecule has 6 heteroatoms. The van der Waals surface area contributed by atoms with Crippen LogP contribution < -0.4 is 5.32 Å². The number of benzene rings is 1. The quantitative estimate of drug-likeness (QED) is 0.740. The molecule has 1 atom stereocenters. The molecule has 2 aromatic rings. The van der Waals surface area contributed by atoms with Crippen LogP contribution in [-0.2, 0) is 10.5 Å². The van der Waals surface area contributed by atoms with E-state index >= 15 is 0 Å². The molecule has 130 valence electrons. The number of carbonyl (C=O) groups is 1. The average Bonchev–Trinajstić information content (AvgIpc) is 2.89. The predicted octanol–water partition coefficient (Wildman–Crippen LogP) is 3.64. The van der Waals surface area contributed by atoms with Gasteiger partial charge in [0.2, 0.25) is 5.91 Å². The Morgan fingerprint density at radius 2 is 2.04 bits per heavy atom. The molecule has 4 nitrogen and oxygen atoms in total. The Bertz CT molecular complexity index is 669. The average molecular weight is 349 g/mol. The maximum atomic E-state index is 12.8. The van der Waals surface area contributed by atoms with Crippen molar-refractivity contribution in [2.75, 3.05) is 12.3 Å². The zero-order valence-electron chi connectivity index (χ0n) is 14.4. The summed E-state index contributed by atoms with van der Waals surface area (Å²) in [6.07, 6.45) is 0.482. The largest absolute Gasteiger partial charge is 0.354 e. The molecule has 1 aromatic carbocycles. The van der Waals surface area contributed by atoms with Crippen molar-refractivity contribution in [2.45, 2.75) is 39.0 Å². The van der Waals surface area contributed by atoms with Gasteiger partial charge in [0.15, 0.2) is 0 Å². The lowest BCUT2D eigenvalue weighted by atomic mass is 10.2. The van der Waals surface area contributed by atoms with E-state index in [4.69, 9.17) is 0 Å². The first kappa shape index (κ1) is 18.5. The summed E-state index contributed by atoms with van der Waals surface area (Å²) in [5, 5.41) is 7.40. The fourth-order valence-electron chi connectivity index (χ4n) is 2.46. The van der Waals surface area contributed by atoms with Gasteiger partial charge >= 0.3 is 0 Å². The molecule has 0 fully saturated rings. The van der Waals surface area contributed by atoms with Crippen LogP contribution in [0.2, 0.25) is 0 Å². The van der Waals surface area contributed by atoms with E-state index in [9.17, 15) is 9.18 Å². The smallest absolute Gasteiger partial charge is 0.220 e. The van der Waals surface area contributed by atoms with E-state index in [1.54, 1.807) is 23.9 Å². The van der Waals surface area contributed by atoms with Crippen molar-refractivity contribution < 1.29 is 9.18 Å². The maximum absolute atomic E-state index is 12.8. The number of hydrogen-bond donors (Lipinski definition) is 1. The maximum Gasteiger partial charge on any atom is 0.220 e. The van der Waals surface area contributed by atoms with Gasteiger partial charge in [0, 0.05) is 30.2 Å². The SMILES string of the molecule is Cc1cc(C)n([C@H](C)CNC(=O)CCSCc2ccc(F)cc2)n1. The molecule has 0 radical (unpaired) electrons. The lowest BCUT2D eigenvalue weighted by Crippen LogP contribution is -2.30. The summed E-state index contributed by atoms with van der Waals surface area (Å²) in [6.45, 7) is 6.60. The van der Waals surface area contributed by atoms with Crippen molar-refractivity contribution >= 4 is 17.7 Å². The Morgan fingerprint density at radius 1 is 1.33 bits per heavy atom. The van der Waals surface area contributed by atoms with E-state index in [0.717, 1.165) is 28.5 Å². The fraction of sp³-hybridized carbons (Fsp3) is 0.444. The van der Waals surface area contributed by atoms with Crippen molar-refractivity contribution in [1.29, 1.82) is 0 Å². The lowest BCUT2D eigenvalue weighted by Gasteiger charge is -2.15. The Kier molecular flexibility index (Phi) is 6.85. The van der Waals surface area contributed by atoms with Gasteiger partial charge in [-0.15, -0.1) is 0 Å². The van der Waals surface area contributed by atoms with E-state index in [1.165, 1.54) is 12.1 Å².